The minimum Gasteiger partial charge on any atom is -0.490 e. The van der Waals surface area contributed by atoms with Crippen molar-refractivity contribution in [3.05, 3.63) is 71.3 Å². The summed E-state index contributed by atoms with van der Waals surface area (Å²) in [5, 5.41) is 10.3. The van der Waals surface area contributed by atoms with Gasteiger partial charge in [-0.3, -0.25) is 16.0 Å². The van der Waals surface area contributed by atoms with Crippen molar-refractivity contribution in [1.82, 2.24) is 16.5 Å². The van der Waals surface area contributed by atoms with Gasteiger partial charge in [0.05, 0.1) is 6.10 Å². The van der Waals surface area contributed by atoms with E-state index in [1.807, 2.05) is 18.2 Å². The van der Waals surface area contributed by atoms with Crippen LogP contribution in [0.5, 0.6) is 5.75 Å². The molecule has 36 heavy (non-hydrogen) atoms. The molecule has 2 aromatic rings. The normalized spacial score (nSPS) is 17.8. The highest BCUT2D eigenvalue weighted by Crippen LogP contribution is 2.31. The predicted octanol–water partition coefficient (Wildman–Crippen LogP) is 3.78. The number of rotatable bonds is 6. The SMILES string of the molecule is CC1C=CCCC1.CCC1CCc2cc(NC(=O)c3ccc(C(=N)N)cc3)ccc2O1.CNNNN. The Kier molecular flexibility index (Phi) is 12.6. The molecular weight excluding hydrogens is 454 g/mol. The first-order valence-corrected chi connectivity index (χ1v) is 12.5. The number of aryl methyl sites for hydroxylation is 1. The summed E-state index contributed by atoms with van der Waals surface area (Å²) in [7, 11) is 1.71. The van der Waals surface area contributed by atoms with E-state index in [2.05, 4.69) is 47.8 Å². The Morgan fingerprint density at radius 2 is 1.86 bits per heavy atom. The first kappa shape index (κ1) is 29.0. The van der Waals surface area contributed by atoms with E-state index in [4.69, 9.17) is 21.7 Å². The first-order valence-electron chi connectivity index (χ1n) is 12.5. The highest BCUT2D eigenvalue weighted by Gasteiger charge is 2.18. The van der Waals surface area contributed by atoms with Gasteiger partial charge in [-0.25, -0.2) is 5.43 Å². The molecule has 1 heterocycles. The number of anilines is 1. The van der Waals surface area contributed by atoms with Crippen molar-refractivity contribution in [3.63, 3.8) is 0 Å². The van der Waals surface area contributed by atoms with E-state index in [1.165, 1.54) is 19.3 Å². The highest BCUT2D eigenvalue weighted by atomic mass is 16.5. The second-order valence-corrected chi connectivity index (χ2v) is 8.81. The van der Waals surface area contributed by atoms with Crippen molar-refractivity contribution in [2.75, 3.05) is 12.4 Å². The van der Waals surface area contributed by atoms with Gasteiger partial charge in [0.15, 0.2) is 0 Å². The zero-order valence-electron chi connectivity index (χ0n) is 21.6. The molecule has 0 saturated carbocycles. The number of amidine groups is 1. The third kappa shape index (κ3) is 9.79. The van der Waals surface area contributed by atoms with Crippen LogP contribution in [0.1, 0.15) is 67.4 Å². The van der Waals surface area contributed by atoms with Crippen LogP contribution in [0.15, 0.2) is 54.6 Å². The zero-order valence-corrected chi connectivity index (χ0v) is 21.6. The van der Waals surface area contributed by atoms with E-state index in [0.717, 1.165) is 42.2 Å². The maximum atomic E-state index is 12.3. The minimum absolute atomic E-state index is 0.0120. The maximum absolute atomic E-state index is 12.3. The molecule has 1 aliphatic carbocycles. The molecule has 9 N–H and O–H groups in total. The lowest BCUT2D eigenvalue weighted by Gasteiger charge is -2.25. The van der Waals surface area contributed by atoms with Crippen LogP contribution in [0.3, 0.4) is 0 Å². The lowest BCUT2D eigenvalue weighted by molar-refractivity contribution is 0.102. The molecule has 9 nitrogen and oxygen atoms in total. The van der Waals surface area contributed by atoms with E-state index in [-0.39, 0.29) is 17.8 Å². The van der Waals surface area contributed by atoms with Crippen LogP contribution in [-0.2, 0) is 6.42 Å². The third-order valence-corrected chi connectivity index (χ3v) is 5.95. The van der Waals surface area contributed by atoms with Crippen LogP contribution >= 0.6 is 0 Å². The number of hydrazine groups is 3. The van der Waals surface area contributed by atoms with Crippen LogP contribution in [-0.4, -0.2) is 24.9 Å². The Labute approximate surface area is 214 Å². The van der Waals surface area contributed by atoms with Crippen molar-refractivity contribution in [3.8, 4) is 5.75 Å². The quantitative estimate of drug-likeness (QED) is 0.106. The average Bonchev–Trinajstić information content (AvgIpc) is 2.90. The van der Waals surface area contributed by atoms with Crippen molar-refractivity contribution in [1.29, 1.82) is 5.41 Å². The van der Waals surface area contributed by atoms with Crippen LogP contribution in [0, 0.1) is 11.3 Å². The summed E-state index contributed by atoms with van der Waals surface area (Å²) in [5.41, 5.74) is 15.5. The number of allylic oxidation sites excluding steroid dienone is 2. The van der Waals surface area contributed by atoms with Gasteiger partial charge in [-0.1, -0.05) is 38.1 Å². The van der Waals surface area contributed by atoms with Gasteiger partial charge in [0, 0.05) is 16.8 Å². The van der Waals surface area contributed by atoms with Crippen LogP contribution in [0.25, 0.3) is 0 Å². The molecule has 9 heteroatoms. The molecule has 0 radical (unpaired) electrons. The Morgan fingerprint density at radius 3 is 2.36 bits per heavy atom. The van der Waals surface area contributed by atoms with E-state index < -0.39 is 0 Å². The van der Waals surface area contributed by atoms with Gasteiger partial charge in [-0.2, -0.15) is 11.1 Å². The molecule has 0 aromatic heterocycles. The standard InChI is InChI=1S/C19H21N3O2.C7H12.CH8N4/c1-2-16-9-7-14-11-15(8-10-17(14)24-16)22-19(23)13-5-3-12(4-6-13)18(20)21;1-7-5-3-2-4-6-7;1-3-5-4-2/h3-6,8,10-11,16H,2,7,9H2,1H3,(H3,20,21)(H,22,23);3,5,7H,2,4,6H2,1H3;3-5H,2H2,1H3. The number of amides is 1. The number of hydrogen-bond acceptors (Lipinski definition) is 7. The molecule has 0 spiro atoms. The van der Waals surface area contributed by atoms with E-state index >= 15 is 0 Å². The molecule has 196 valence electrons. The lowest BCUT2D eigenvalue weighted by atomic mass is 9.98. The molecule has 1 amide bonds. The van der Waals surface area contributed by atoms with E-state index in [0.29, 0.717) is 11.1 Å². The molecule has 2 unspecified atom stereocenters. The highest BCUT2D eigenvalue weighted by molar-refractivity contribution is 6.05. The number of nitrogens with two attached hydrogens (primary N) is 2. The molecule has 0 saturated heterocycles. The number of carbonyl (C=O) groups excluding carboxylic acids is 1. The van der Waals surface area contributed by atoms with Gasteiger partial charge < -0.3 is 15.8 Å². The Hall–Kier alpha value is -3.24. The maximum Gasteiger partial charge on any atom is 0.255 e. The lowest BCUT2D eigenvalue weighted by Crippen LogP contribution is -2.45. The fraction of sp³-hybridized carbons (Fsp3) is 0.407. The molecular formula is C27H41N7O2. The van der Waals surface area contributed by atoms with E-state index in [9.17, 15) is 4.79 Å². The first-order chi connectivity index (χ1) is 17.4. The Balaban J connectivity index is 0.000000313. The average molecular weight is 496 g/mol. The summed E-state index contributed by atoms with van der Waals surface area (Å²) >= 11 is 0. The van der Waals surface area contributed by atoms with Crippen molar-refractivity contribution < 1.29 is 9.53 Å². The van der Waals surface area contributed by atoms with Gasteiger partial charge in [0.1, 0.15) is 11.6 Å². The number of hydrogen-bond donors (Lipinski definition) is 7. The topological polar surface area (TPSA) is 150 Å². The second-order valence-electron chi connectivity index (χ2n) is 8.81. The number of ether oxygens (including phenoxy) is 1. The van der Waals surface area contributed by atoms with Crippen molar-refractivity contribution in [2.45, 2.75) is 58.5 Å². The number of carbonyl (C=O) groups is 1. The second kappa shape index (κ2) is 15.7. The monoisotopic (exact) mass is 495 g/mol. The Bertz CT molecular complexity index is 990. The van der Waals surface area contributed by atoms with Crippen LogP contribution in [0.4, 0.5) is 5.69 Å². The van der Waals surface area contributed by atoms with Crippen molar-refractivity contribution in [2.24, 2.45) is 17.5 Å². The molecule has 2 atom stereocenters. The molecule has 2 aliphatic rings. The van der Waals surface area contributed by atoms with E-state index in [1.54, 1.807) is 31.3 Å². The molecule has 2 aromatic carbocycles. The number of nitrogens with one attached hydrogen (secondary N) is 5. The van der Waals surface area contributed by atoms with Gasteiger partial charge >= 0.3 is 0 Å². The molecule has 1 aliphatic heterocycles. The predicted molar refractivity (Wildman–Crippen MR) is 147 cm³/mol. The number of benzene rings is 2. The molecule has 4 rings (SSSR count). The smallest absolute Gasteiger partial charge is 0.255 e. The summed E-state index contributed by atoms with van der Waals surface area (Å²) in [5.74, 6) is 6.29. The molecule has 0 bridgehead atoms. The summed E-state index contributed by atoms with van der Waals surface area (Å²) < 4.78 is 5.92. The van der Waals surface area contributed by atoms with Crippen molar-refractivity contribution >= 4 is 17.4 Å². The number of nitrogen functional groups attached to an aromatic ring is 1. The van der Waals surface area contributed by atoms with Gasteiger partial charge in [0.25, 0.3) is 5.91 Å². The Morgan fingerprint density at radius 1 is 1.14 bits per heavy atom. The third-order valence-electron chi connectivity index (χ3n) is 5.95. The van der Waals surface area contributed by atoms with Crippen LogP contribution in [0.2, 0.25) is 0 Å². The zero-order chi connectivity index (χ0) is 26.3. The summed E-state index contributed by atoms with van der Waals surface area (Å²) in [6, 6.07) is 12.4. The summed E-state index contributed by atoms with van der Waals surface area (Å²) in [6.45, 7) is 4.40. The number of fused-ring (bicyclic) bond motifs is 1. The van der Waals surface area contributed by atoms with Crippen LogP contribution < -0.4 is 38.1 Å². The summed E-state index contributed by atoms with van der Waals surface area (Å²) in [6.07, 6.45) is 12.0. The minimum atomic E-state index is -0.187. The molecule has 0 fully saturated rings. The van der Waals surface area contributed by atoms with Gasteiger partial charge in [0.2, 0.25) is 0 Å². The fourth-order valence-electron chi connectivity index (χ4n) is 3.87. The fourth-order valence-corrected chi connectivity index (χ4v) is 3.87. The van der Waals surface area contributed by atoms with Gasteiger partial charge in [-0.05, 0) is 87.4 Å². The van der Waals surface area contributed by atoms with Gasteiger partial charge in [-0.15, -0.1) is 0 Å². The largest absolute Gasteiger partial charge is 0.490 e. The summed E-state index contributed by atoms with van der Waals surface area (Å²) in [4.78, 5) is 12.3.